The van der Waals surface area contributed by atoms with Crippen LogP contribution in [0.15, 0.2) is 48.5 Å². The first-order valence-corrected chi connectivity index (χ1v) is 9.34. The minimum Gasteiger partial charge on any atom is -0.480 e. The van der Waals surface area contributed by atoms with E-state index >= 15 is 0 Å². The number of rotatable bonds is 4. The predicted molar refractivity (Wildman–Crippen MR) is 91.2 cm³/mol. The van der Waals surface area contributed by atoms with Crippen LogP contribution in [0.4, 0.5) is 0 Å². The quantitative estimate of drug-likeness (QED) is 0.905. The van der Waals surface area contributed by atoms with Crippen molar-refractivity contribution in [3.05, 3.63) is 65.2 Å². The summed E-state index contributed by atoms with van der Waals surface area (Å²) in [4.78, 5) is 12.4. The molecular formula is C18H16N2O4S. The second kappa shape index (κ2) is 6.57. The fourth-order valence-corrected chi connectivity index (χ4v) is 3.92. The van der Waals surface area contributed by atoms with Crippen LogP contribution >= 0.6 is 0 Å². The zero-order valence-corrected chi connectivity index (χ0v) is 14.3. The number of hydrogen-bond donors (Lipinski definition) is 1. The van der Waals surface area contributed by atoms with E-state index in [2.05, 4.69) is 4.72 Å². The van der Waals surface area contributed by atoms with Crippen LogP contribution in [0.2, 0.25) is 0 Å². The lowest BCUT2D eigenvalue weighted by Gasteiger charge is -2.15. The molecule has 128 valence electrons. The van der Waals surface area contributed by atoms with Crippen LogP contribution in [0.1, 0.15) is 29.5 Å². The predicted octanol–water partition coefficient (Wildman–Crippen LogP) is 2.07. The van der Waals surface area contributed by atoms with Crippen molar-refractivity contribution in [1.82, 2.24) is 4.72 Å². The number of carbonyl (C=O) groups is 1. The second-order valence-corrected chi connectivity index (χ2v) is 7.62. The number of nitrogens with zero attached hydrogens (tertiary/aromatic N) is 1. The number of fused-ring (bicyclic) bond motifs is 1. The molecule has 0 saturated carbocycles. The second-order valence-electron chi connectivity index (χ2n) is 5.90. The van der Waals surface area contributed by atoms with Crippen molar-refractivity contribution in [3.63, 3.8) is 0 Å². The van der Waals surface area contributed by atoms with Gasteiger partial charge < -0.3 is 4.74 Å². The Bertz CT molecular complexity index is 946. The lowest BCUT2D eigenvalue weighted by molar-refractivity contribution is -0.126. The normalized spacial score (nSPS) is 18.7. The number of sulfonamides is 1. The molecule has 1 aliphatic heterocycles. The molecule has 25 heavy (non-hydrogen) atoms. The summed E-state index contributed by atoms with van der Waals surface area (Å²) >= 11 is 0. The van der Waals surface area contributed by atoms with Crippen LogP contribution < -0.4 is 9.46 Å². The van der Waals surface area contributed by atoms with Gasteiger partial charge in [-0.05, 0) is 23.8 Å². The van der Waals surface area contributed by atoms with Gasteiger partial charge in [0.15, 0.2) is 6.10 Å². The molecule has 2 aromatic carbocycles. The Labute approximate surface area is 146 Å². The zero-order valence-electron chi connectivity index (χ0n) is 13.5. The van der Waals surface area contributed by atoms with E-state index in [1.807, 2.05) is 25.1 Å². The summed E-state index contributed by atoms with van der Waals surface area (Å²) < 4.78 is 32.2. The molecule has 0 fully saturated rings. The van der Waals surface area contributed by atoms with Gasteiger partial charge in [0.1, 0.15) is 5.75 Å². The number of ether oxygens (including phenoxy) is 1. The maximum atomic E-state index is 12.4. The smallest absolute Gasteiger partial charge is 0.275 e. The minimum absolute atomic E-state index is 0.235. The number of hydrogen-bond acceptors (Lipinski definition) is 5. The Kier molecular flexibility index (Phi) is 4.47. The summed E-state index contributed by atoms with van der Waals surface area (Å²) in [7, 11) is -3.86. The van der Waals surface area contributed by atoms with Gasteiger partial charge in [0.2, 0.25) is 10.0 Å². The summed E-state index contributed by atoms with van der Waals surface area (Å²) in [5.74, 6) is -0.670. The molecule has 1 N–H and O–H groups in total. The maximum absolute atomic E-state index is 12.4. The first kappa shape index (κ1) is 17.0. The number of nitriles is 1. The molecule has 1 aliphatic rings. The van der Waals surface area contributed by atoms with Gasteiger partial charge in [-0.1, -0.05) is 37.3 Å². The Morgan fingerprint density at radius 3 is 2.52 bits per heavy atom. The highest BCUT2D eigenvalue weighted by molar-refractivity contribution is 7.89. The van der Waals surface area contributed by atoms with Crippen LogP contribution in [0.3, 0.4) is 0 Å². The molecule has 7 heteroatoms. The summed E-state index contributed by atoms with van der Waals surface area (Å²) in [6.45, 7) is 1.82. The van der Waals surface area contributed by atoms with Gasteiger partial charge in [-0.15, -0.1) is 0 Å². The van der Waals surface area contributed by atoms with E-state index in [1.165, 1.54) is 12.1 Å². The Hall–Kier alpha value is -2.85. The Morgan fingerprint density at radius 1 is 1.20 bits per heavy atom. The topological polar surface area (TPSA) is 96.3 Å². The largest absolute Gasteiger partial charge is 0.480 e. The molecule has 2 atom stereocenters. The number of benzene rings is 2. The third-order valence-corrected chi connectivity index (χ3v) is 5.30. The van der Waals surface area contributed by atoms with E-state index in [0.717, 1.165) is 5.56 Å². The first-order valence-electron chi connectivity index (χ1n) is 7.68. The van der Waals surface area contributed by atoms with E-state index in [-0.39, 0.29) is 11.7 Å². The van der Waals surface area contributed by atoms with E-state index in [4.69, 9.17) is 10.00 Å². The van der Waals surface area contributed by atoms with E-state index in [0.29, 0.717) is 16.9 Å². The number of carbonyl (C=O) groups excluding carboxylic acids is 1. The van der Waals surface area contributed by atoms with Crippen molar-refractivity contribution in [2.24, 2.45) is 0 Å². The molecule has 0 spiro atoms. The minimum atomic E-state index is -3.86. The van der Waals surface area contributed by atoms with E-state index in [9.17, 15) is 13.2 Å². The van der Waals surface area contributed by atoms with Crippen molar-refractivity contribution in [3.8, 4) is 11.8 Å². The van der Waals surface area contributed by atoms with Gasteiger partial charge in [-0.3, -0.25) is 4.79 Å². The molecule has 2 aromatic rings. The SMILES string of the molecule is CC1c2ccccc2OC1C(=O)NS(=O)(=O)Cc1ccc(C#N)cc1. The van der Waals surface area contributed by atoms with Gasteiger partial charge in [0.05, 0.1) is 17.4 Å². The average Bonchev–Trinajstić information content (AvgIpc) is 2.92. The van der Waals surface area contributed by atoms with Crippen LogP contribution in [-0.2, 0) is 20.6 Å². The highest BCUT2D eigenvalue weighted by Crippen LogP contribution is 2.37. The van der Waals surface area contributed by atoms with Crippen LogP contribution in [0, 0.1) is 11.3 Å². The third-order valence-electron chi connectivity index (χ3n) is 4.07. The van der Waals surface area contributed by atoms with E-state index < -0.39 is 22.0 Å². The van der Waals surface area contributed by atoms with Crippen LogP contribution in [0.25, 0.3) is 0 Å². The first-order chi connectivity index (χ1) is 11.9. The molecule has 0 bridgehead atoms. The molecule has 1 amide bonds. The van der Waals surface area contributed by atoms with Crippen LogP contribution in [0.5, 0.6) is 5.75 Å². The molecule has 0 saturated heterocycles. The fourth-order valence-electron chi connectivity index (χ4n) is 2.79. The Balaban J connectivity index is 1.69. The molecule has 0 aromatic heterocycles. The van der Waals surface area contributed by atoms with Gasteiger partial charge in [-0.2, -0.15) is 5.26 Å². The Morgan fingerprint density at radius 2 is 1.88 bits per heavy atom. The van der Waals surface area contributed by atoms with Crippen LogP contribution in [-0.4, -0.2) is 20.4 Å². The van der Waals surface area contributed by atoms with Crippen molar-refractivity contribution < 1.29 is 17.9 Å². The van der Waals surface area contributed by atoms with Gasteiger partial charge in [0, 0.05) is 11.5 Å². The third kappa shape index (κ3) is 3.64. The summed E-state index contributed by atoms with van der Waals surface area (Å²) in [6, 6.07) is 15.4. The summed E-state index contributed by atoms with van der Waals surface area (Å²) in [5, 5.41) is 8.76. The number of amides is 1. The molecule has 2 unspecified atom stereocenters. The maximum Gasteiger partial charge on any atom is 0.275 e. The van der Waals surface area contributed by atoms with E-state index in [1.54, 1.807) is 24.3 Å². The van der Waals surface area contributed by atoms with Crippen molar-refractivity contribution >= 4 is 15.9 Å². The monoisotopic (exact) mass is 356 g/mol. The fraction of sp³-hybridized carbons (Fsp3) is 0.222. The lowest BCUT2D eigenvalue weighted by atomic mass is 9.97. The standard InChI is InChI=1S/C18H16N2O4S/c1-12-15-4-2-3-5-16(15)24-17(12)18(21)20-25(22,23)11-14-8-6-13(10-19)7-9-14/h2-9,12,17H,11H2,1H3,(H,20,21). The zero-order chi connectivity index (χ0) is 18.0. The summed E-state index contributed by atoms with van der Waals surface area (Å²) in [5.41, 5.74) is 1.81. The summed E-state index contributed by atoms with van der Waals surface area (Å²) in [6.07, 6.45) is -0.881. The molecule has 0 radical (unpaired) electrons. The highest BCUT2D eigenvalue weighted by atomic mass is 32.2. The molecule has 1 heterocycles. The van der Waals surface area contributed by atoms with Crippen molar-refractivity contribution in [2.75, 3.05) is 0 Å². The van der Waals surface area contributed by atoms with Gasteiger partial charge in [0.25, 0.3) is 5.91 Å². The number of para-hydroxylation sites is 1. The molecular weight excluding hydrogens is 340 g/mol. The molecule has 0 aliphatic carbocycles. The molecule has 3 rings (SSSR count). The molecule has 6 nitrogen and oxygen atoms in total. The van der Waals surface area contributed by atoms with Crippen molar-refractivity contribution in [1.29, 1.82) is 5.26 Å². The number of nitrogens with one attached hydrogen (secondary N) is 1. The average molecular weight is 356 g/mol. The van der Waals surface area contributed by atoms with Gasteiger partial charge in [-0.25, -0.2) is 13.1 Å². The lowest BCUT2D eigenvalue weighted by Crippen LogP contribution is -2.42. The highest BCUT2D eigenvalue weighted by Gasteiger charge is 2.37. The van der Waals surface area contributed by atoms with Gasteiger partial charge >= 0.3 is 0 Å². The van der Waals surface area contributed by atoms with Crippen molar-refractivity contribution in [2.45, 2.75) is 24.7 Å².